The summed E-state index contributed by atoms with van der Waals surface area (Å²) in [5.74, 6) is 1.01. The predicted octanol–water partition coefficient (Wildman–Crippen LogP) is 0.511. The maximum absolute atomic E-state index is 11.7. The van der Waals surface area contributed by atoms with Gasteiger partial charge in [0.05, 0.1) is 5.92 Å². The fourth-order valence-corrected chi connectivity index (χ4v) is 1.88. The highest BCUT2D eigenvalue weighted by Gasteiger charge is 2.31. The summed E-state index contributed by atoms with van der Waals surface area (Å²) in [7, 11) is 0. The van der Waals surface area contributed by atoms with E-state index in [4.69, 9.17) is 0 Å². The van der Waals surface area contributed by atoms with Crippen molar-refractivity contribution in [2.45, 2.75) is 32.2 Å². The van der Waals surface area contributed by atoms with Crippen molar-refractivity contribution in [2.75, 3.05) is 13.1 Å². The van der Waals surface area contributed by atoms with Crippen LogP contribution in [0.1, 0.15) is 26.2 Å². The van der Waals surface area contributed by atoms with Gasteiger partial charge in [0.2, 0.25) is 5.91 Å². The van der Waals surface area contributed by atoms with Crippen molar-refractivity contribution in [2.24, 2.45) is 11.8 Å². The fraction of sp³-hybridized carbons (Fsp3) is 0.900. The second-order valence-corrected chi connectivity index (χ2v) is 4.36. The van der Waals surface area contributed by atoms with Crippen LogP contribution >= 0.6 is 0 Å². The van der Waals surface area contributed by atoms with E-state index in [1.54, 1.807) is 0 Å². The van der Waals surface area contributed by atoms with E-state index in [0.717, 1.165) is 19.5 Å². The average Bonchev–Trinajstić information content (AvgIpc) is 2.89. The molecule has 74 valence electrons. The standard InChI is InChI=1S/C10H18N2O/c1-7-4-5-11-6-9(7)10(13)12-8-2-3-8/h7-9,11H,2-6H2,1H3,(H,12,13)/t7-,9+/m1/s1. The number of carbonyl (C=O) groups excluding carboxylic acids is 1. The van der Waals surface area contributed by atoms with Crippen molar-refractivity contribution in [3.05, 3.63) is 0 Å². The smallest absolute Gasteiger partial charge is 0.224 e. The Kier molecular flexibility index (Phi) is 2.54. The Morgan fingerprint density at radius 3 is 2.77 bits per heavy atom. The Morgan fingerprint density at radius 2 is 2.15 bits per heavy atom. The first-order valence-corrected chi connectivity index (χ1v) is 5.28. The lowest BCUT2D eigenvalue weighted by atomic mass is 9.87. The van der Waals surface area contributed by atoms with E-state index < -0.39 is 0 Å². The van der Waals surface area contributed by atoms with Gasteiger partial charge in [-0.1, -0.05) is 6.92 Å². The molecular formula is C10H18N2O. The Bertz CT molecular complexity index is 201. The topological polar surface area (TPSA) is 41.1 Å². The third-order valence-corrected chi connectivity index (χ3v) is 3.09. The zero-order valence-corrected chi connectivity index (χ0v) is 8.18. The van der Waals surface area contributed by atoms with Crippen LogP contribution in [0, 0.1) is 11.8 Å². The Labute approximate surface area is 79.3 Å². The van der Waals surface area contributed by atoms with Gasteiger partial charge in [0.1, 0.15) is 0 Å². The summed E-state index contributed by atoms with van der Waals surface area (Å²) in [6.45, 7) is 4.10. The minimum absolute atomic E-state index is 0.203. The quantitative estimate of drug-likeness (QED) is 0.653. The molecule has 2 atom stereocenters. The van der Waals surface area contributed by atoms with Crippen molar-refractivity contribution >= 4 is 5.91 Å². The first-order chi connectivity index (χ1) is 6.27. The van der Waals surface area contributed by atoms with Gasteiger partial charge in [-0.25, -0.2) is 0 Å². The van der Waals surface area contributed by atoms with Crippen molar-refractivity contribution in [3.63, 3.8) is 0 Å². The Hall–Kier alpha value is -0.570. The number of hydrogen-bond donors (Lipinski definition) is 2. The third kappa shape index (κ3) is 2.21. The van der Waals surface area contributed by atoms with Gasteiger partial charge < -0.3 is 10.6 Å². The Morgan fingerprint density at radius 1 is 1.38 bits per heavy atom. The lowest BCUT2D eigenvalue weighted by molar-refractivity contribution is -0.127. The minimum atomic E-state index is 0.203. The molecular weight excluding hydrogens is 164 g/mol. The van der Waals surface area contributed by atoms with Crippen LogP contribution in [0.25, 0.3) is 0 Å². The number of hydrogen-bond acceptors (Lipinski definition) is 2. The molecule has 0 unspecified atom stereocenters. The minimum Gasteiger partial charge on any atom is -0.353 e. The van der Waals surface area contributed by atoms with Gasteiger partial charge in [0.15, 0.2) is 0 Å². The largest absolute Gasteiger partial charge is 0.353 e. The average molecular weight is 182 g/mol. The van der Waals surface area contributed by atoms with Crippen LogP contribution in [0.15, 0.2) is 0 Å². The molecule has 2 N–H and O–H groups in total. The highest BCUT2D eigenvalue weighted by molar-refractivity contribution is 5.79. The molecule has 1 aliphatic carbocycles. The van der Waals surface area contributed by atoms with E-state index in [2.05, 4.69) is 17.6 Å². The third-order valence-electron chi connectivity index (χ3n) is 3.09. The normalized spacial score (nSPS) is 34.2. The van der Waals surface area contributed by atoms with Crippen molar-refractivity contribution in [1.29, 1.82) is 0 Å². The molecule has 0 aromatic carbocycles. The summed E-state index contributed by atoms with van der Waals surface area (Å²) in [5, 5.41) is 6.35. The lowest BCUT2D eigenvalue weighted by Crippen LogP contribution is -2.45. The van der Waals surface area contributed by atoms with E-state index >= 15 is 0 Å². The van der Waals surface area contributed by atoms with Crippen molar-refractivity contribution in [1.82, 2.24) is 10.6 Å². The maximum Gasteiger partial charge on any atom is 0.224 e. The van der Waals surface area contributed by atoms with E-state index in [9.17, 15) is 4.79 Å². The van der Waals surface area contributed by atoms with Gasteiger partial charge in [0.25, 0.3) is 0 Å². The van der Waals surface area contributed by atoms with Crippen molar-refractivity contribution in [3.8, 4) is 0 Å². The molecule has 3 heteroatoms. The molecule has 1 amide bonds. The summed E-state index contributed by atoms with van der Waals surface area (Å²) in [4.78, 5) is 11.7. The number of amides is 1. The molecule has 0 aromatic heterocycles. The van der Waals surface area contributed by atoms with Crippen LogP contribution < -0.4 is 10.6 Å². The first kappa shape index (κ1) is 9.00. The van der Waals surface area contributed by atoms with E-state index in [1.807, 2.05) is 0 Å². The van der Waals surface area contributed by atoms with Crippen LogP contribution in [-0.4, -0.2) is 25.0 Å². The second-order valence-electron chi connectivity index (χ2n) is 4.36. The van der Waals surface area contributed by atoms with Crippen molar-refractivity contribution < 1.29 is 4.79 Å². The highest BCUT2D eigenvalue weighted by Crippen LogP contribution is 2.22. The molecule has 2 fully saturated rings. The zero-order chi connectivity index (χ0) is 9.26. The molecule has 3 nitrogen and oxygen atoms in total. The fourth-order valence-electron chi connectivity index (χ4n) is 1.88. The van der Waals surface area contributed by atoms with Gasteiger partial charge in [-0.3, -0.25) is 4.79 Å². The number of nitrogens with one attached hydrogen (secondary N) is 2. The van der Waals surface area contributed by atoms with Crippen LogP contribution in [0.4, 0.5) is 0 Å². The van der Waals surface area contributed by atoms with E-state index in [0.29, 0.717) is 12.0 Å². The SMILES string of the molecule is C[C@@H]1CCNC[C@@H]1C(=O)NC1CC1. The molecule has 1 saturated carbocycles. The number of piperidine rings is 1. The predicted molar refractivity (Wildman–Crippen MR) is 51.3 cm³/mol. The molecule has 0 aromatic rings. The Balaban J connectivity index is 1.85. The first-order valence-electron chi connectivity index (χ1n) is 5.28. The molecule has 1 aliphatic heterocycles. The monoisotopic (exact) mass is 182 g/mol. The van der Waals surface area contributed by atoms with Gasteiger partial charge >= 0.3 is 0 Å². The van der Waals surface area contributed by atoms with E-state index in [1.165, 1.54) is 12.8 Å². The second kappa shape index (κ2) is 3.66. The van der Waals surface area contributed by atoms with Crippen LogP contribution in [0.2, 0.25) is 0 Å². The lowest BCUT2D eigenvalue weighted by Gasteiger charge is -2.28. The van der Waals surface area contributed by atoms with Gasteiger partial charge in [-0.15, -0.1) is 0 Å². The summed E-state index contributed by atoms with van der Waals surface area (Å²) < 4.78 is 0. The summed E-state index contributed by atoms with van der Waals surface area (Å²) in [5.41, 5.74) is 0. The molecule has 2 rings (SSSR count). The zero-order valence-electron chi connectivity index (χ0n) is 8.18. The maximum atomic E-state index is 11.7. The van der Waals surface area contributed by atoms with Crippen LogP contribution in [-0.2, 0) is 4.79 Å². The molecule has 0 bridgehead atoms. The molecule has 1 saturated heterocycles. The summed E-state index contributed by atoms with van der Waals surface area (Å²) >= 11 is 0. The van der Waals surface area contributed by atoms with Gasteiger partial charge in [0, 0.05) is 12.6 Å². The molecule has 1 heterocycles. The van der Waals surface area contributed by atoms with Crippen LogP contribution in [0.3, 0.4) is 0 Å². The molecule has 0 radical (unpaired) electrons. The molecule has 2 aliphatic rings. The van der Waals surface area contributed by atoms with Gasteiger partial charge in [-0.05, 0) is 31.7 Å². The number of carbonyl (C=O) groups is 1. The highest BCUT2D eigenvalue weighted by atomic mass is 16.2. The number of rotatable bonds is 2. The van der Waals surface area contributed by atoms with Gasteiger partial charge in [-0.2, -0.15) is 0 Å². The molecule has 0 spiro atoms. The molecule has 13 heavy (non-hydrogen) atoms. The summed E-state index contributed by atoms with van der Waals surface area (Å²) in [6, 6.07) is 0.502. The van der Waals surface area contributed by atoms with E-state index in [-0.39, 0.29) is 11.8 Å². The summed E-state index contributed by atoms with van der Waals surface area (Å²) in [6.07, 6.45) is 3.49. The van der Waals surface area contributed by atoms with Crippen LogP contribution in [0.5, 0.6) is 0 Å².